The summed E-state index contributed by atoms with van der Waals surface area (Å²) in [5.74, 6) is 0.0298. The third kappa shape index (κ3) is 3.65. The van der Waals surface area contributed by atoms with Crippen LogP contribution in [0.3, 0.4) is 0 Å². The van der Waals surface area contributed by atoms with Crippen LogP contribution in [0.2, 0.25) is 0 Å². The first-order valence-corrected chi connectivity index (χ1v) is 14.0. The van der Waals surface area contributed by atoms with Gasteiger partial charge >= 0.3 is 0 Å². The molecule has 0 radical (unpaired) electrons. The Labute approximate surface area is 205 Å². The number of carbonyl (C=O) groups excluding carboxylic acids is 1. The monoisotopic (exact) mass is 498 g/mol. The van der Waals surface area contributed by atoms with Crippen LogP contribution in [0.15, 0.2) is 35.2 Å². The third-order valence-corrected chi connectivity index (χ3v) is 10.2. The van der Waals surface area contributed by atoms with Crippen molar-refractivity contribution in [2.24, 2.45) is 7.05 Å². The Morgan fingerprint density at radius 3 is 2.56 bits per heavy atom. The Morgan fingerprint density at radius 2 is 1.82 bits per heavy atom. The minimum Gasteiger partial charge on any atom is -0.345 e. The zero-order valence-electron chi connectivity index (χ0n) is 20.0. The molecule has 1 saturated heterocycles. The van der Waals surface area contributed by atoms with E-state index in [1.807, 2.05) is 61.6 Å². The van der Waals surface area contributed by atoms with E-state index < -0.39 is 10.0 Å². The smallest absolute Gasteiger partial charge is 0.266 e. The molecule has 1 amide bonds. The Morgan fingerprint density at radius 1 is 1.12 bits per heavy atom. The van der Waals surface area contributed by atoms with E-state index in [4.69, 9.17) is 0 Å². The maximum Gasteiger partial charge on any atom is 0.266 e. The molecule has 1 atom stereocenters. The number of amides is 1. The maximum absolute atomic E-state index is 13.8. The first-order valence-electron chi connectivity index (χ1n) is 11.8. The molecule has 2 aliphatic rings. The van der Waals surface area contributed by atoms with Gasteiger partial charge in [-0.1, -0.05) is 18.2 Å². The Bertz CT molecular complexity index is 1370. The average molecular weight is 499 g/mol. The molecule has 0 unspecified atom stereocenters. The van der Waals surface area contributed by atoms with Crippen molar-refractivity contribution < 1.29 is 13.2 Å². The van der Waals surface area contributed by atoms with Gasteiger partial charge in [0.2, 0.25) is 0 Å². The van der Waals surface area contributed by atoms with Crippen LogP contribution in [0, 0.1) is 13.8 Å². The molecule has 34 heavy (non-hydrogen) atoms. The highest BCUT2D eigenvalue weighted by Crippen LogP contribution is 2.39. The van der Waals surface area contributed by atoms with E-state index in [0.29, 0.717) is 33.4 Å². The lowest BCUT2D eigenvalue weighted by Crippen LogP contribution is -2.35. The van der Waals surface area contributed by atoms with E-state index in [0.717, 1.165) is 43.6 Å². The largest absolute Gasteiger partial charge is 0.345 e. The molecular weight excluding hydrogens is 468 g/mol. The number of benzene rings is 1. The SMILES string of the molecule is Cc1nc(-c2cc(S(=O)(=O)N3c4ccccc4C[C@@H]3C)c(C)n2C)sc1C(=O)N1CCCCC1. The predicted octanol–water partition coefficient (Wildman–Crippen LogP) is 4.53. The standard InChI is InChI=1S/C25H30N4O3S2/c1-16-14-19-10-6-7-11-20(19)29(16)34(31,32)22-15-21(27(4)18(22)3)24-26-17(2)23(33-24)25(30)28-12-8-5-9-13-28/h6-7,10-11,15-16H,5,8-9,12-14H2,1-4H3/t16-/m0/s1. The van der Waals surface area contributed by atoms with Gasteiger partial charge in [-0.15, -0.1) is 11.3 Å². The van der Waals surface area contributed by atoms with Crippen LogP contribution in [0.5, 0.6) is 0 Å². The van der Waals surface area contributed by atoms with Crippen molar-refractivity contribution >= 4 is 33.0 Å². The molecule has 0 saturated carbocycles. The topological polar surface area (TPSA) is 75.5 Å². The fourth-order valence-electron chi connectivity index (χ4n) is 5.09. The molecule has 1 aromatic carbocycles. The van der Waals surface area contributed by atoms with E-state index >= 15 is 0 Å². The number of aryl methyl sites for hydroxylation is 1. The molecule has 1 fully saturated rings. The van der Waals surface area contributed by atoms with Crippen molar-refractivity contribution in [1.82, 2.24) is 14.5 Å². The number of piperidine rings is 1. The van der Waals surface area contributed by atoms with E-state index in [2.05, 4.69) is 4.98 Å². The van der Waals surface area contributed by atoms with Gasteiger partial charge in [-0.05, 0) is 64.2 Å². The van der Waals surface area contributed by atoms with E-state index in [1.165, 1.54) is 11.3 Å². The molecule has 180 valence electrons. The van der Waals surface area contributed by atoms with E-state index in [9.17, 15) is 13.2 Å². The zero-order valence-corrected chi connectivity index (χ0v) is 21.7. The van der Waals surface area contributed by atoms with Crippen molar-refractivity contribution in [1.29, 1.82) is 0 Å². The van der Waals surface area contributed by atoms with Crippen LogP contribution in [0.1, 0.15) is 52.8 Å². The van der Waals surface area contributed by atoms with E-state index in [1.54, 1.807) is 10.4 Å². The van der Waals surface area contributed by atoms with Gasteiger partial charge in [0.05, 0.1) is 17.1 Å². The summed E-state index contributed by atoms with van der Waals surface area (Å²) in [6, 6.07) is 9.25. The van der Waals surface area contributed by atoms with Gasteiger partial charge in [-0.25, -0.2) is 13.4 Å². The Hall–Kier alpha value is -2.65. The van der Waals surface area contributed by atoms with E-state index in [-0.39, 0.29) is 16.8 Å². The van der Waals surface area contributed by atoms with Crippen LogP contribution in [-0.2, 0) is 23.5 Å². The minimum atomic E-state index is -3.76. The van der Waals surface area contributed by atoms with Crippen molar-refractivity contribution in [2.45, 2.75) is 57.4 Å². The number of hydrogen-bond acceptors (Lipinski definition) is 5. The number of carbonyl (C=O) groups is 1. The molecule has 9 heteroatoms. The fourth-order valence-corrected chi connectivity index (χ4v) is 8.15. The van der Waals surface area contributed by atoms with Gasteiger partial charge in [0.25, 0.3) is 15.9 Å². The summed E-state index contributed by atoms with van der Waals surface area (Å²) >= 11 is 1.35. The van der Waals surface area contributed by atoms with Crippen LogP contribution < -0.4 is 4.31 Å². The van der Waals surface area contributed by atoms with Gasteiger partial charge in [0.15, 0.2) is 0 Å². The molecule has 5 rings (SSSR count). The summed E-state index contributed by atoms with van der Waals surface area (Å²) in [5, 5.41) is 0.666. The second-order valence-electron chi connectivity index (χ2n) is 9.31. The summed E-state index contributed by atoms with van der Waals surface area (Å²) in [6.45, 7) is 7.19. The number of thiazole rings is 1. The molecule has 0 aliphatic carbocycles. The van der Waals surface area contributed by atoms with Crippen LogP contribution in [0.25, 0.3) is 10.7 Å². The van der Waals surface area contributed by atoms with Gasteiger partial charge in [-0.2, -0.15) is 0 Å². The highest BCUT2D eigenvalue weighted by molar-refractivity contribution is 7.93. The second kappa shape index (κ2) is 8.53. The maximum atomic E-state index is 13.8. The lowest BCUT2D eigenvalue weighted by atomic mass is 10.1. The molecule has 0 N–H and O–H groups in total. The average Bonchev–Trinajstić information content (AvgIpc) is 3.47. The molecule has 2 aliphatic heterocycles. The molecule has 4 heterocycles. The first-order chi connectivity index (χ1) is 16.2. The number of anilines is 1. The summed E-state index contributed by atoms with van der Waals surface area (Å²) in [6.07, 6.45) is 3.93. The van der Waals surface area contributed by atoms with Crippen LogP contribution >= 0.6 is 11.3 Å². The highest BCUT2D eigenvalue weighted by Gasteiger charge is 2.38. The molecule has 2 aromatic heterocycles. The highest BCUT2D eigenvalue weighted by atomic mass is 32.2. The summed E-state index contributed by atoms with van der Waals surface area (Å²) in [5.41, 5.74) is 3.86. The number of likely N-dealkylation sites (tertiary alicyclic amines) is 1. The van der Waals surface area contributed by atoms with Crippen molar-refractivity contribution in [3.05, 3.63) is 52.2 Å². The molecule has 3 aromatic rings. The fraction of sp³-hybridized carbons (Fsp3) is 0.440. The summed E-state index contributed by atoms with van der Waals surface area (Å²) in [7, 11) is -1.91. The van der Waals surface area contributed by atoms with Gasteiger partial charge in [0.1, 0.15) is 14.8 Å². The quantitative estimate of drug-likeness (QED) is 0.530. The number of nitrogens with zero attached hydrogens (tertiary/aromatic N) is 4. The number of para-hydroxylation sites is 1. The number of sulfonamides is 1. The van der Waals surface area contributed by atoms with Crippen molar-refractivity contribution in [3.8, 4) is 10.7 Å². The van der Waals surface area contributed by atoms with Gasteiger partial charge in [0, 0.05) is 31.9 Å². The molecule has 7 nitrogen and oxygen atoms in total. The minimum absolute atomic E-state index is 0.0298. The molecular formula is C25H30N4O3S2. The third-order valence-electron chi connectivity index (χ3n) is 7.02. The summed E-state index contributed by atoms with van der Waals surface area (Å²) < 4.78 is 31.1. The number of aromatic nitrogens is 2. The van der Waals surface area contributed by atoms with Crippen LogP contribution in [0.4, 0.5) is 5.69 Å². The second-order valence-corrected chi connectivity index (χ2v) is 12.1. The Kier molecular flexibility index (Phi) is 5.80. The summed E-state index contributed by atoms with van der Waals surface area (Å²) in [4.78, 5) is 20.6. The molecule has 0 bridgehead atoms. The normalized spacial score (nSPS) is 18.4. The van der Waals surface area contributed by atoms with Gasteiger partial charge < -0.3 is 9.47 Å². The predicted molar refractivity (Wildman–Crippen MR) is 135 cm³/mol. The molecule has 0 spiro atoms. The zero-order chi connectivity index (χ0) is 24.2. The Balaban J connectivity index is 1.52. The number of hydrogen-bond donors (Lipinski definition) is 0. The number of fused-ring (bicyclic) bond motifs is 1. The lowest BCUT2D eigenvalue weighted by Gasteiger charge is -2.26. The number of rotatable bonds is 4. The lowest BCUT2D eigenvalue weighted by molar-refractivity contribution is 0.0728. The van der Waals surface area contributed by atoms with Gasteiger partial charge in [-0.3, -0.25) is 9.10 Å². The first kappa shape index (κ1) is 23.1. The van der Waals surface area contributed by atoms with Crippen LogP contribution in [-0.4, -0.2) is 47.9 Å². The van der Waals surface area contributed by atoms with Crippen molar-refractivity contribution in [3.63, 3.8) is 0 Å². The van der Waals surface area contributed by atoms with Crippen molar-refractivity contribution in [2.75, 3.05) is 17.4 Å².